The summed E-state index contributed by atoms with van der Waals surface area (Å²) in [6.07, 6.45) is 8.82. The molecule has 0 saturated carbocycles. The van der Waals surface area contributed by atoms with E-state index in [9.17, 15) is 13.8 Å². The summed E-state index contributed by atoms with van der Waals surface area (Å²) in [5, 5.41) is 3.94. The lowest BCUT2D eigenvalue weighted by Crippen LogP contribution is -2.29. The molecule has 2 N–H and O–H groups in total. The molecule has 1 aromatic heterocycles. The lowest BCUT2D eigenvalue weighted by molar-refractivity contribution is -0.111. The van der Waals surface area contributed by atoms with Gasteiger partial charge in [0.2, 0.25) is 5.91 Å². The van der Waals surface area contributed by atoms with Gasteiger partial charge < -0.3 is 15.2 Å². The molecule has 2 heterocycles. The van der Waals surface area contributed by atoms with E-state index < -0.39 is 11.0 Å². The molecule has 1 aliphatic heterocycles. The van der Waals surface area contributed by atoms with Gasteiger partial charge in [-0.05, 0) is 67.9 Å². The molecule has 0 radical (unpaired) electrons. The summed E-state index contributed by atoms with van der Waals surface area (Å²) in [5.41, 5.74) is 7.19. The molecule has 36 heavy (non-hydrogen) atoms. The van der Waals surface area contributed by atoms with Crippen LogP contribution in [0.1, 0.15) is 28.0 Å². The Balaban J connectivity index is 1.71. The first-order valence-electron chi connectivity index (χ1n) is 11.9. The van der Waals surface area contributed by atoms with Crippen LogP contribution in [-0.2, 0) is 15.8 Å². The van der Waals surface area contributed by atoms with Gasteiger partial charge in [0.05, 0.1) is 16.5 Å². The van der Waals surface area contributed by atoms with Gasteiger partial charge in [-0.2, -0.15) is 0 Å². The van der Waals surface area contributed by atoms with Crippen LogP contribution in [0.2, 0.25) is 0 Å². The maximum absolute atomic E-state index is 12.4. The Hall–Kier alpha value is -3.33. The standard InChI is InChI=1S/C28H32N4O3S/c1-19-22(7-5-8-25(19)29-27(34)9-6-14-31(2)3)23-11-10-21(18-33)28-24(23)17-26(30-28)20-12-15-32(16-13-20)36(4)35/h5-12,17-18,30H,13-16H2,1-4H3,(H,29,34)/b9-6+. The molecule has 1 atom stereocenters. The van der Waals surface area contributed by atoms with Crippen molar-refractivity contribution in [3.8, 4) is 11.1 Å². The summed E-state index contributed by atoms with van der Waals surface area (Å²) in [6.45, 7) is 4.03. The second-order valence-corrected chi connectivity index (χ2v) is 10.6. The van der Waals surface area contributed by atoms with E-state index >= 15 is 0 Å². The Morgan fingerprint density at radius 2 is 2.03 bits per heavy atom. The summed E-state index contributed by atoms with van der Waals surface area (Å²) in [6, 6.07) is 11.7. The number of H-pyrrole nitrogens is 1. The number of anilines is 1. The number of amides is 1. The van der Waals surface area contributed by atoms with E-state index in [0.29, 0.717) is 18.7 Å². The van der Waals surface area contributed by atoms with Crippen molar-refractivity contribution in [3.63, 3.8) is 0 Å². The van der Waals surface area contributed by atoms with Gasteiger partial charge in [-0.15, -0.1) is 0 Å². The van der Waals surface area contributed by atoms with Crippen LogP contribution in [0.25, 0.3) is 27.6 Å². The van der Waals surface area contributed by atoms with E-state index in [1.807, 2.05) is 66.6 Å². The molecule has 8 heteroatoms. The van der Waals surface area contributed by atoms with Crippen molar-refractivity contribution in [1.82, 2.24) is 14.2 Å². The van der Waals surface area contributed by atoms with Crippen LogP contribution < -0.4 is 5.32 Å². The number of aromatic nitrogens is 1. The molecular formula is C28H32N4O3S. The highest BCUT2D eigenvalue weighted by Gasteiger charge is 2.19. The summed E-state index contributed by atoms with van der Waals surface area (Å²) in [5.74, 6) is -0.172. The van der Waals surface area contributed by atoms with Gasteiger partial charge in [-0.1, -0.05) is 30.4 Å². The predicted molar refractivity (Wildman–Crippen MR) is 148 cm³/mol. The van der Waals surface area contributed by atoms with E-state index in [0.717, 1.165) is 63.8 Å². The normalized spacial score (nSPS) is 15.4. The monoisotopic (exact) mass is 504 g/mol. The summed E-state index contributed by atoms with van der Waals surface area (Å²) in [7, 11) is 2.91. The van der Waals surface area contributed by atoms with Gasteiger partial charge in [0.15, 0.2) is 6.29 Å². The Morgan fingerprint density at radius 1 is 1.22 bits per heavy atom. The smallest absolute Gasteiger partial charge is 0.248 e. The molecule has 188 valence electrons. The number of rotatable bonds is 8. The van der Waals surface area contributed by atoms with Gasteiger partial charge in [0, 0.05) is 54.3 Å². The third kappa shape index (κ3) is 5.56. The molecule has 3 aromatic rings. The molecule has 0 fully saturated rings. The lowest BCUT2D eigenvalue weighted by atomic mass is 9.94. The molecule has 4 rings (SSSR count). The lowest BCUT2D eigenvalue weighted by Gasteiger charge is -2.23. The quantitative estimate of drug-likeness (QED) is 0.352. The molecule has 1 aliphatic rings. The van der Waals surface area contributed by atoms with Crippen molar-refractivity contribution < 1.29 is 13.8 Å². The van der Waals surface area contributed by atoms with Crippen LogP contribution in [-0.4, -0.2) is 70.6 Å². The predicted octanol–water partition coefficient (Wildman–Crippen LogP) is 4.39. The molecule has 0 spiro atoms. The largest absolute Gasteiger partial charge is 0.354 e. The minimum Gasteiger partial charge on any atom is -0.354 e. The Bertz CT molecular complexity index is 1390. The summed E-state index contributed by atoms with van der Waals surface area (Å²) >= 11 is 0. The number of benzene rings is 2. The number of carbonyl (C=O) groups is 2. The Morgan fingerprint density at radius 3 is 2.69 bits per heavy atom. The summed E-state index contributed by atoms with van der Waals surface area (Å²) in [4.78, 5) is 29.7. The fourth-order valence-electron chi connectivity index (χ4n) is 4.48. The number of nitrogens with one attached hydrogen (secondary N) is 2. The SMILES string of the molecule is Cc1c(NC(=O)/C=C/CN(C)C)cccc1-c1ccc(C=O)c2[nH]c(C3=CCN(S(C)=O)CC3)cc12. The minimum absolute atomic E-state index is 0.172. The van der Waals surface area contributed by atoms with Crippen molar-refractivity contribution in [2.75, 3.05) is 45.3 Å². The fraction of sp³-hybridized carbons (Fsp3) is 0.286. The highest BCUT2D eigenvalue weighted by Crippen LogP contribution is 2.37. The molecular weight excluding hydrogens is 472 g/mol. The zero-order valence-corrected chi connectivity index (χ0v) is 21.9. The zero-order valence-electron chi connectivity index (χ0n) is 21.1. The second kappa shape index (κ2) is 11.2. The molecule has 1 amide bonds. The van der Waals surface area contributed by atoms with Crippen LogP contribution in [0.5, 0.6) is 0 Å². The van der Waals surface area contributed by atoms with Crippen LogP contribution in [0.3, 0.4) is 0 Å². The van der Waals surface area contributed by atoms with E-state index in [2.05, 4.69) is 22.4 Å². The first-order chi connectivity index (χ1) is 17.3. The zero-order chi connectivity index (χ0) is 25.8. The number of fused-ring (bicyclic) bond motifs is 1. The number of nitrogens with zero attached hydrogens (tertiary/aromatic N) is 2. The molecule has 0 bridgehead atoms. The van der Waals surface area contributed by atoms with Gasteiger partial charge >= 0.3 is 0 Å². The fourth-order valence-corrected chi connectivity index (χ4v) is 5.12. The van der Waals surface area contributed by atoms with Crippen LogP contribution >= 0.6 is 0 Å². The van der Waals surface area contributed by atoms with Crippen molar-refractivity contribution in [3.05, 3.63) is 71.4 Å². The molecule has 0 saturated heterocycles. The average Bonchev–Trinajstić information content (AvgIpc) is 3.30. The van der Waals surface area contributed by atoms with Gasteiger partial charge in [0.25, 0.3) is 0 Å². The van der Waals surface area contributed by atoms with Gasteiger partial charge in [-0.3, -0.25) is 9.59 Å². The Kier molecular flexibility index (Phi) is 7.98. The molecule has 1 unspecified atom stereocenters. The third-order valence-electron chi connectivity index (χ3n) is 6.46. The highest BCUT2D eigenvalue weighted by molar-refractivity contribution is 7.81. The number of aldehydes is 1. The van der Waals surface area contributed by atoms with Gasteiger partial charge in [-0.25, -0.2) is 8.51 Å². The molecule has 7 nitrogen and oxygen atoms in total. The number of carbonyl (C=O) groups excluding carboxylic acids is 2. The first kappa shape index (κ1) is 25.8. The van der Waals surface area contributed by atoms with Crippen LogP contribution in [0.15, 0.2) is 54.6 Å². The van der Waals surface area contributed by atoms with Crippen LogP contribution in [0.4, 0.5) is 5.69 Å². The third-order valence-corrected chi connectivity index (χ3v) is 7.51. The van der Waals surface area contributed by atoms with E-state index in [4.69, 9.17) is 0 Å². The second-order valence-electron chi connectivity index (χ2n) is 9.22. The maximum atomic E-state index is 12.4. The van der Waals surface area contributed by atoms with E-state index in [-0.39, 0.29) is 5.91 Å². The number of aromatic amines is 1. The van der Waals surface area contributed by atoms with Crippen molar-refractivity contribution in [2.45, 2.75) is 13.3 Å². The summed E-state index contributed by atoms with van der Waals surface area (Å²) < 4.78 is 13.7. The number of hydrogen-bond acceptors (Lipinski definition) is 4. The number of likely N-dealkylation sites (N-methyl/N-ethyl adjacent to an activating group) is 1. The van der Waals surface area contributed by atoms with E-state index in [1.54, 1.807) is 12.3 Å². The van der Waals surface area contributed by atoms with E-state index in [1.165, 1.54) is 0 Å². The first-order valence-corrected chi connectivity index (χ1v) is 13.4. The minimum atomic E-state index is -0.990. The molecule has 2 aromatic carbocycles. The molecule has 0 aliphatic carbocycles. The van der Waals surface area contributed by atoms with Crippen molar-refractivity contribution in [2.24, 2.45) is 0 Å². The average molecular weight is 505 g/mol. The van der Waals surface area contributed by atoms with Gasteiger partial charge in [0.1, 0.15) is 0 Å². The highest BCUT2D eigenvalue weighted by atomic mass is 32.2. The Labute approximate surface area is 214 Å². The van der Waals surface area contributed by atoms with Crippen molar-refractivity contribution in [1.29, 1.82) is 0 Å². The van der Waals surface area contributed by atoms with Crippen molar-refractivity contribution >= 4 is 45.3 Å². The topological polar surface area (TPSA) is 85.5 Å². The van der Waals surface area contributed by atoms with Crippen LogP contribution in [0, 0.1) is 6.92 Å². The number of hydrogen-bond donors (Lipinski definition) is 2. The maximum Gasteiger partial charge on any atom is 0.248 e.